The molecule has 0 bridgehead atoms. The number of esters is 1. The van der Waals surface area contributed by atoms with Crippen LogP contribution in [0.15, 0.2) is 55.1 Å². The lowest BCUT2D eigenvalue weighted by Crippen LogP contribution is -2.34. The number of rotatable bonds is 7. The van der Waals surface area contributed by atoms with Crippen molar-refractivity contribution in [2.75, 3.05) is 20.7 Å². The number of carbonyl (C=O) groups is 1. The zero-order valence-electron chi connectivity index (χ0n) is 18.6. The fraction of sp³-hybridized carbons (Fsp3) is 0.417. The third kappa shape index (κ3) is 5.39. The normalized spacial score (nSPS) is 14.0. The van der Waals surface area contributed by atoms with Gasteiger partial charge >= 0.3 is 5.97 Å². The maximum absolute atomic E-state index is 11.9. The van der Waals surface area contributed by atoms with Gasteiger partial charge in [-0.2, -0.15) is 0 Å². The molecule has 2 atom stereocenters. The highest BCUT2D eigenvalue weighted by molar-refractivity contribution is 5.84. The minimum atomic E-state index is -0.518. The average Bonchev–Trinajstić information content (AvgIpc) is 3.19. The number of aromatic nitrogens is 2. The van der Waals surface area contributed by atoms with E-state index in [1.165, 1.54) is 5.56 Å². The number of hydrogen-bond donors (Lipinski definition) is 0. The fourth-order valence-electron chi connectivity index (χ4n) is 3.45. The van der Waals surface area contributed by atoms with Crippen LogP contribution in [0, 0.1) is 0 Å². The van der Waals surface area contributed by atoms with Crippen LogP contribution in [0.5, 0.6) is 5.75 Å². The monoisotopic (exact) mass is 409 g/mol. The minimum Gasteiger partial charge on any atom is -0.482 e. The Morgan fingerprint density at radius 2 is 1.83 bits per heavy atom. The van der Waals surface area contributed by atoms with Gasteiger partial charge in [-0.3, -0.25) is 0 Å². The molecule has 0 aliphatic heterocycles. The number of carbonyl (C=O) groups excluding carboxylic acids is 1. The lowest BCUT2D eigenvalue weighted by Gasteiger charge is -2.31. The van der Waals surface area contributed by atoms with E-state index in [4.69, 9.17) is 9.47 Å². The standard InChI is InChI=1S/C24H31N3O3/c1-17(26(5)6)23(27-12-11-25-16-27)20-8-7-19-14-21(10-9-18(19)13-20)29-15-22(28)30-24(2,3)4/h7-14,16-17,23H,15H2,1-6H3. The Morgan fingerprint density at radius 3 is 2.47 bits per heavy atom. The maximum Gasteiger partial charge on any atom is 0.344 e. The number of imidazole rings is 1. The minimum absolute atomic E-state index is 0.107. The number of benzene rings is 2. The summed E-state index contributed by atoms with van der Waals surface area (Å²) in [5.41, 5.74) is 0.694. The molecule has 160 valence electrons. The van der Waals surface area contributed by atoms with E-state index in [-0.39, 0.29) is 24.7 Å². The summed E-state index contributed by atoms with van der Waals surface area (Å²) in [7, 11) is 4.17. The topological polar surface area (TPSA) is 56.6 Å². The van der Waals surface area contributed by atoms with Gasteiger partial charge in [-0.25, -0.2) is 9.78 Å². The second-order valence-electron chi connectivity index (χ2n) is 8.80. The number of fused-ring (bicyclic) bond motifs is 1. The Bertz CT molecular complexity index is 991. The van der Waals surface area contributed by atoms with Gasteiger partial charge in [0.1, 0.15) is 11.4 Å². The van der Waals surface area contributed by atoms with Gasteiger partial charge in [0.05, 0.1) is 12.4 Å². The van der Waals surface area contributed by atoms with E-state index in [1.54, 1.807) is 0 Å². The van der Waals surface area contributed by atoms with Crippen LogP contribution >= 0.6 is 0 Å². The predicted molar refractivity (Wildman–Crippen MR) is 119 cm³/mol. The van der Waals surface area contributed by atoms with Crippen LogP contribution in [-0.2, 0) is 9.53 Å². The summed E-state index contributed by atoms with van der Waals surface area (Å²) in [6, 6.07) is 12.7. The first kappa shape index (κ1) is 21.8. The predicted octanol–water partition coefficient (Wildman–Crippen LogP) is 4.30. The highest BCUT2D eigenvalue weighted by Crippen LogP contribution is 2.29. The van der Waals surface area contributed by atoms with Crippen LogP contribution < -0.4 is 4.74 Å². The van der Waals surface area contributed by atoms with Gasteiger partial charge in [-0.05, 0) is 76.3 Å². The Balaban J connectivity index is 1.81. The van der Waals surface area contributed by atoms with Gasteiger partial charge < -0.3 is 18.9 Å². The van der Waals surface area contributed by atoms with Gasteiger partial charge in [-0.1, -0.05) is 18.2 Å². The van der Waals surface area contributed by atoms with Crippen molar-refractivity contribution >= 4 is 16.7 Å². The summed E-state index contributed by atoms with van der Waals surface area (Å²) in [5, 5.41) is 2.18. The summed E-state index contributed by atoms with van der Waals surface area (Å²) in [4.78, 5) is 18.3. The van der Waals surface area contributed by atoms with Crippen molar-refractivity contribution in [3.8, 4) is 5.75 Å². The molecule has 1 aromatic heterocycles. The van der Waals surface area contributed by atoms with Gasteiger partial charge in [0.15, 0.2) is 6.61 Å². The van der Waals surface area contributed by atoms with E-state index >= 15 is 0 Å². The summed E-state index contributed by atoms with van der Waals surface area (Å²) in [6.07, 6.45) is 5.68. The average molecular weight is 410 g/mol. The van der Waals surface area contributed by atoms with Gasteiger partial charge in [0.2, 0.25) is 0 Å². The van der Waals surface area contributed by atoms with E-state index in [2.05, 4.69) is 53.7 Å². The molecule has 30 heavy (non-hydrogen) atoms. The fourth-order valence-corrected chi connectivity index (χ4v) is 3.45. The van der Waals surface area contributed by atoms with E-state index in [0.717, 1.165) is 10.8 Å². The highest BCUT2D eigenvalue weighted by atomic mass is 16.6. The molecule has 0 N–H and O–H groups in total. The first-order valence-electron chi connectivity index (χ1n) is 10.2. The van der Waals surface area contributed by atoms with Crippen molar-refractivity contribution in [3.63, 3.8) is 0 Å². The first-order valence-corrected chi connectivity index (χ1v) is 10.2. The molecule has 0 spiro atoms. The molecule has 0 fully saturated rings. The highest BCUT2D eigenvalue weighted by Gasteiger charge is 2.23. The molecule has 2 unspecified atom stereocenters. The van der Waals surface area contributed by atoms with Crippen molar-refractivity contribution in [2.24, 2.45) is 0 Å². The molecular formula is C24H31N3O3. The molecule has 0 saturated heterocycles. The van der Waals surface area contributed by atoms with Crippen LogP contribution in [0.3, 0.4) is 0 Å². The lowest BCUT2D eigenvalue weighted by atomic mass is 9.96. The number of hydrogen-bond acceptors (Lipinski definition) is 5. The second kappa shape index (κ2) is 8.88. The molecule has 0 saturated carbocycles. The van der Waals surface area contributed by atoms with E-state index < -0.39 is 5.60 Å². The van der Waals surface area contributed by atoms with E-state index in [0.29, 0.717) is 5.75 Å². The van der Waals surface area contributed by atoms with Gasteiger partial charge in [-0.15, -0.1) is 0 Å². The summed E-state index contributed by atoms with van der Waals surface area (Å²) in [6.45, 7) is 7.62. The molecule has 3 rings (SSSR count). The van der Waals surface area contributed by atoms with Gasteiger partial charge in [0, 0.05) is 18.4 Å². The molecule has 0 amide bonds. The van der Waals surface area contributed by atoms with Crippen molar-refractivity contribution < 1.29 is 14.3 Å². The Hall–Kier alpha value is -2.86. The summed E-state index contributed by atoms with van der Waals surface area (Å²) in [5.74, 6) is 0.271. The molecule has 6 nitrogen and oxygen atoms in total. The first-order chi connectivity index (χ1) is 14.1. The van der Waals surface area contributed by atoms with Crippen LogP contribution in [0.4, 0.5) is 0 Å². The smallest absolute Gasteiger partial charge is 0.344 e. The molecule has 1 heterocycles. The van der Waals surface area contributed by atoms with E-state index in [1.807, 2.05) is 57.7 Å². The summed E-state index contributed by atoms with van der Waals surface area (Å²) >= 11 is 0. The molecule has 0 radical (unpaired) electrons. The third-order valence-electron chi connectivity index (χ3n) is 5.07. The maximum atomic E-state index is 11.9. The largest absolute Gasteiger partial charge is 0.482 e. The van der Waals surface area contributed by atoms with E-state index in [9.17, 15) is 4.79 Å². The SMILES string of the molecule is CC(C(c1ccc2cc(OCC(=O)OC(C)(C)C)ccc2c1)n1ccnc1)N(C)C. The van der Waals surface area contributed by atoms with Crippen LogP contribution in [0.1, 0.15) is 39.3 Å². The molecule has 2 aromatic carbocycles. The van der Waals surface area contributed by atoms with Crippen LogP contribution in [0.25, 0.3) is 10.8 Å². The van der Waals surface area contributed by atoms with Gasteiger partial charge in [0.25, 0.3) is 0 Å². The molecule has 3 aromatic rings. The van der Waals surface area contributed by atoms with Crippen molar-refractivity contribution in [1.29, 1.82) is 0 Å². The second-order valence-corrected chi connectivity index (χ2v) is 8.80. The Morgan fingerprint density at radius 1 is 1.13 bits per heavy atom. The van der Waals surface area contributed by atoms with Crippen LogP contribution in [0.2, 0.25) is 0 Å². The molecular weight excluding hydrogens is 378 g/mol. The molecule has 0 aliphatic rings. The number of nitrogens with zero attached hydrogens (tertiary/aromatic N) is 3. The molecule has 0 aliphatic carbocycles. The summed E-state index contributed by atoms with van der Waals surface area (Å²) < 4.78 is 13.1. The van der Waals surface area contributed by atoms with Crippen molar-refractivity contribution in [2.45, 2.75) is 45.4 Å². The zero-order valence-corrected chi connectivity index (χ0v) is 18.6. The number of ether oxygens (including phenoxy) is 2. The van der Waals surface area contributed by atoms with Crippen LogP contribution in [-0.4, -0.2) is 52.8 Å². The lowest BCUT2D eigenvalue weighted by molar-refractivity contribution is -0.157. The Labute approximate surface area is 178 Å². The molecule has 6 heteroatoms. The Kier molecular flexibility index (Phi) is 6.46. The quantitative estimate of drug-likeness (QED) is 0.545. The number of likely N-dealkylation sites (N-methyl/N-ethyl adjacent to an activating group) is 1. The van der Waals surface area contributed by atoms with Crippen molar-refractivity contribution in [3.05, 3.63) is 60.7 Å². The van der Waals surface area contributed by atoms with Crippen molar-refractivity contribution in [1.82, 2.24) is 14.5 Å². The third-order valence-corrected chi connectivity index (χ3v) is 5.07. The zero-order chi connectivity index (χ0) is 21.9.